The molecule has 0 amide bonds. The van der Waals surface area contributed by atoms with Gasteiger partial charge < -0.3 is 14.8 Å². The Morgan fingerprint density at radius 1 is 1.10 bits per heavy atom. The maximum absolute atomic E-state index is 5.43. The molecule has 6 heteroatoms. The van der Waals surface area contributed by atoms with E-state index in [2.05, 4.69) is 15.5 Å². The number of nitrogens with zero attached hydrogens (tertiary/aromatic N) is 2. The zero-order chi connectivity index (χ0) is 14.9. The van der Waals surface area contributed by atoms with E-state index in [0.29, 0.717) is 6.61 Å². The van der Waals surface area contributed by atoms with Gasteiger partial charge in [-0.25, -0.2) is 0 Å². The SMILES string of the molecule is CCOCCCNc1nnc(-c2ccc(OCC)cc2)s1. The molecule has 0 aliphatic carbocycles. The first-order valence-corrected chi connectivity index (χ1v) is 8.03. The second-order valence-corrected chi connectivity index (χ2v) is 5.32. The van der Waals surface area contributed by atoms with Crippen LogP contribution in [0.3, 0.4) is 0 Å². The van der Waals surface area contributed by atoms with Crippen molar-refractivity contribution in [3.8, 4) is 16.3 Å². The van der Waals surface area contributed by atoms with Crippen molar-refractivity contribution in [1.82, 2.24) is 10.2 Å². The zero-order valence-electron chi connectivity index (χ0n) is 12.5. The summed E-state index contributed by atoms with van der Waals surface area (Å²) in [5.74, 6) is 0.875. The minimum Gasteiger partial charge on any atom is -0.494 e. The molecule has 2 aromatic rings. The molecule has 0 unspecified atom stereocenters. The van der Waals surface area contributed by atoms with Crippen LogP contribution < -0.4 is 10.1 Å². The van der Waals surface area contributed by atoms with Crippen LogP contribution in [-0.2, 0) is 4.74 Å². The monoisotopic (exact) mass is 307 g/mol. The van der Waals surface area contributed by atoms with Gasteiger partial charge >= 0.3 is 0 Å². The van der Waals surface area contributed by atoms with Crippen molar-refractivity contribution in [2.45, 2.75) is 20.3 Å². The molecule has 1 aromatic heterocycles. The van der Waals surface area contributed by atoms with Gasteiger partial charge in [-0.1, -0.05) is 11.3 Å². The molecule has 0 aliphatic heterocycles. The maximum Gasteiger partial charge on any atom is 0.206 e. The van der Waals surface area contributed by atoms with Gasteiger partial charge in [-0.15, -0.1) is 10.2 Å². The minimum absolute atomic E-state index is 0.675. The van der Waals surface area contributed by atoms with Crippen LogP contribution in [-0.4, -0.2) is 36.6 Å². The van der Waals surface area contributed by atoms with E-state index in [1.807, 2.05) is 38.1 Å². The van der Waals surface area contributed by atoms with Gasteiger partial charge in [0.15, 0.2) is 0 Å². The van der Waals surface area contributed by atoms with Crippen LogP contribution in [0.2, 0.25) is 0 Å². The Labute approximate surface area is 129 Å². The highest BCUT2D eigenvalue weighted by Crippen LogP contribution is 2.27. The quantitative estimate of drug-likeness (QED) is 0.719. The third-order valence-electron chi connectivity index (χ3n) is 2.78. The summed E-state index contributed by atoms with van der Waals surface area (Å²) in [6, 6.07) is 7.92. The van der Waals surface area contributed by atoms with Gasteiger partial charge in [0.2, 0.25) is 5.13 Å². The molecule has 0 spiro atoms. The van der Waals surface area contributed by atoms with Crippen molar-refractivity contribution in [3.05, 3.63) is 24.3 Å². The third-order valence-corrected chi connectivity index (χ3v) is 3.71. The van der Waals surface area contributed by atoms with Gasteiger partial charge in [-0.05, 0) is 44.5 Å². The molecular weight excluding hydrogens is 286 g/mol. The van der Waals surface area contributed by atoms with Crippen LogP contribution >= 0.6 is 11.3 Å². The summed E-state index contributed by atoms with van der Waals surface area (Å²) in [4.78, 5) is 0. The standard InChI is InChI=1S/C15H21N3O2S/c1-3-19-11-5-10-16-15-18-17-14(21-15)12-6-8-13(9-7-12)20-4-2/h6-9H,3-5,10-11H2,1-2H3,(H,16,18). The van der Waals surface area contributed by atoms with Crippen LogP contribution in [0.15, 0.2) is 24.3 Å². The van der Waals surface area contributed by atoms with Crippen LogP contribution in [0.4, 0.5) is 5.13 Å². The highest BCUT2D eigenvalue weighted by molar-refractivity contribution is 7.18. The number of benzene rings is 1. The molecule has 1 N–H and O–H groups in total. The average Bonchev–Trinajstić information content (AvgIpc) is 2.97. The number of anilines is 1. The average molecular weight is 307 g/mol. The van der Waals surface area contributed by atoms with Crippen molar-refractivity contribution in [3.63, 3.8) is 0 Å². The predicted molar refractivity (Wildman–Crippen MR) is 86.1 cm³/mol. The molecule has 21 heavy (non-hydrogen) atoms. The summed E-state index contributed by atoms with van der Waals surface area (Å²) in [6.45, 7) is 7.03. The number of ether oxygens (including phenoxy) is 2. The lowest BCUT2D eigenvalue weighted by Crippen LogP contribution is -2.05. The second-order valence-electron chi connectivity index (χ2n) is 4.35. The van der Waals surface area contributed by atoms with Gasteiger partial charge in [0.1, 0.15) is 10.8 Å². The van der Waals surface area contributed by atoms with Crippen molar-refractivity contribution < 1.29 is 9.47 Å². The molecule has 0 fully saturated rings. The molecule has 5 nitrogen and oxygen atoms in total. The first kappa shape index (κ1) is 15.7. The fourth-order valence-corrected chi connectivity index (χ4v) is 2.56. The van der Waals surface area contributed by atoms with Crippen molar-refractivity contribution in [2.75, 3.05) is 31.7 Å². The summed E-state index contributed by atoms with van der Waals surface area (Å²) >= 11 is 1.55. The van der Waals surface area contributed by atoms with E-state index in [9.17, 15) is 0 Å². The summed E-state index contributed by atoms with van der Waals surface area (Å²) in [5, 5.41) is 13.4. The summed E-state index contributed by atoms with van der Waals surface area (Å²) in [6.07, 6.45) is 0.964. The zero-order valence-corrected chi connectivity index (χ0v) is 13.3. The largest absolute Gasteiger partial charge is 0.494 e. The molecule has 0 aliphatic rings. The Morgan fingerprint density at radius 3 is 2.62 bits per heavy atom. The van der Waals surface area contributed by atoms with E-state index in [0.717, 1.165) is 47.6 Å². The molecule has 0 saturated carbocycles. The van der Waals surface area contributed by atoms with Crippen molar-refractivity contribution in [1.29, 1.82) is 0 Å². The lowest BCUT2D eigenvalue weighted by Gasteiger charge is -2.02. The Morgan fingerprint density at radius 2 is 1.90 bits per heavy atom. The lowest BCUT2D eigenvalue weighted by molar-refractivity contribution is 0.147. The Bertz CT molecular complexity index is 528. The van der Waals surface area contributed by atoms with Crippen LogP contribution in [0.5, 0.6) is 5.75 Å². The molecule has 0 atom stereocenters. The molecule has 0 saturated heterocycles. The molecule has 0 radical (unpaired) electrons. The summed E-state index contributed by atoms with van der Waals surface area (Å²) < 4.78 is 10.7. The van der Waals surface area contributed by atoms with E-state index in [1.165, 1.54) is 0 Å². The lowest BCUT2D eigenvalue weighted by atomic mass is 10.2. The maximum atomic E-state index is 5.43. The topological polar surface area (TPSA) is 56.3 Å². The predicted octanol–water partition coefficient (Wildman–Crippen LogP) is 3.44. The first-order valence-electron chi connectivity index (χ1n) is 7.21. The molecule has 1 heterocycles. The first-order chi connectivity index (χ1) is 10.3. The number of hydrogen-bond donors (Lipinski definition) is 1. The van der Waals surface area contributed by atoms with E-state index >= 15 is 0 Å². The number of nitrogens with one attached hydrogen (secondary N) is 1. The molecule has 2 rings (SSSR count). The molecular formula is C15H21N3O2S. The van der Waals surface area contributed by atoms with Gasteiger partial charge in [-0.2, -0.15) is 0 Å². The van der Waals surface area contributed by atoms with Gasteiger partial charge in [0.25, 0.3) is 0 Å². The van der Waals surface area contributed by atoms with E-state index < -0.39 is 0 Å². The highest BCUT2D eigenvalue weighted by Gasteiger charge is 2.06. The van der Waals surface area contributed by atoms with Crippen molar-refractivity contribution >= 4 is 16.5 Å². The highest BCUT2D eigenvalue weighted by atomic mass is 32.1. The van der Waals surface area contributed by atoms with Crippen LogP contribution in [0, 0.1) is 0 Å². The molecule has 114 valence electrons. The van der Waals surface area contributed by atoms with E-state index in [-0.39, 0.29) is 0 Å². The van der Waals surface area contributed by atoms with Crippen LogP contribution in [0.25, 0.3) is 10.6 Å². The Hall–Kier alpha value is -1.66. The number of aromatic nitrogens is 2. The Kier molecular flexibility index (Phi) is 6.43. The smallest absolute Gasteiger partial charge is 0.206 e. The van der Waals surface area contributed by atoms with Gasteiger partial charge in [-0.3, -0.25) is 0 Å². The van der Waals surface area contributed by atoms with Crippen LogP contribution in [0.1, 0.15) is 20.3 Å². The fraction of sp³-hybridized carbons (Fsp3) is 0.467. The summed E-state index contributed by atoms with van der Waals surface area (Å²) in [5.41, 5.74) is 1.05. The van der Waals surface area contributed by atoms with E-state index in [4.69, 9.17) is 9.47 Å². The normalized spacial score (nSPS) is 10.6. The summed E-state index contributed by atoms with van der Waals surface area (Å²) in [7, 11) is 0. The number of hydrogen-bond acceptors (Lipinski definition) is 6. The molecule has 0 bridgehead atoms. The molecule has 1 aromatic carbocycles. The van der Waals surface area contributed by atoms with Crippen molar-refractivity contribution in [2.24, 2.45) is 0 Å². The second kappa shape index (κ2) is 8.59. The Balaban J connectivity index is 1.87. The van der Waals surface area contributed by atoms with E-state index in [1.54, 1.807) is 11.3 Å². The number of rotatable bonds is 9. The third kappa shape index (κ3) is 4.99. The fourth-order valence-electron chi connectivity index (χ4n) is 1.79. The minimum atomic E-state index is 0.675. The van der Waals surface area contributed by atoms with Gasteiger partial charge in [0.05, 0.1) is 6.61 Å². The van der Waals surface area contributed by atoms with Gasteiger partial charge in [0, 0.05) is 25.3 Å².